The Balaban J connectivity index is 1.84. The average molecular weight is 253 g/mol. The van der Waals surface area contributed by atoms with Crippen molar-refractivity contribution in [3.05, 3.63) is 23.4 Å². The lowest BCUT2D eigenvalue weighted by Crippen LogP contribution is -2.52. The van der Waals surface area contributed by atoms with E-state index in [1.54, 1.807) is 6.07 Å². The lowest BCUT2D eigenvalue weighted by Gasteiger charge is -2.41. The predicted octanol–water partition coefficient (Wildman–Crippen LogP) is 3.09. The number of ether oxygens (including phenoxy) is 1. The van der Waals surface area contributed by atoms with Gasteiger partial charge in [0.2, 0.25) is 5.88 Å². The van der Waals surface area contributed by atoms with Gasteiger partial charge in [-0.05, 0) is 32.4 Å². The van der Waals surface area contributed by atoms with Crippen LogP contribution in [0.5, 0.6) is 5.88 Å². The number of halogens is 1. The summed E-state index contributed by atoms with van der Waals surface area (Å²) in [6, 6.07) is 6.23. The summed E-state index contributed by atoms with van der Waals surface area (Å²) in [6.07, 6.45) is 5.97. The minimum atomic E-state index is -0.138. The Morgan fingerprint density at radius 1 is 1.41 bits per heavy atom. The average Bonchev–Trinajstić information content (AvgIpc) is 2.51. The van der Waals surface area contributed by atoms with Gasteiger partial charge in [0, 0.05) is 24.9 Å². The predicted molar refractivity (Wildman–Crippen MR) is 67.2 cm³/mol. The molecule has 1 aromatic heterocycles. The Morgan fingerprint density at radius 2 is 2.29 bits per heavy atom. The maximum absolute atomic E-state index is 6.16. The molecule has 0 spiro atoms. The van der Waals surface area contributed by atoms with Crippen molar-refractivity contribution in [2.24, 2.45) is 0 Å². The van der Waals surface area contributed by atoms with Gasteiger partial charge in [0.05, 0.1) is 0 Å². The van der Waals surface area contributed by atoms with Crippen molar-refractivity contribution in [3.63, 3.8) is 0 Å². The van der Waals surface area contributed by atoms with Crippen LogP contribution in [0.4, 0.5) is 0 Å². The summed E-state index contributed by atoms with van der Waals surface area (Å²) in [6.45, 7) is 0. The van der Waals surface area contributed by atoms with Gasteiger partial charge in [-0.15, -0.1) is 0 Å². The fraction of sp³-hybridized carbons (Fsp3) is 0.615. The molecular weight excluding hydrogens is 236 g/mol. The molecule has 0 aromatic carbocycles. The Hall–Kier alpha value is -0.800. The Bertz CT molecular complexity index is 422. The minimum Gasteiger partial charge on any atom is -0.456 e. The molecule has 4 heteroatoms. The van der Waals surface area contributed by atoms with Gasteiger partial charge in [-0.25, -0.2) is 4.98 Å². The van der Waals surface area contributed by atoms with E-state index in [0.717, 1.165) is 12.8 Å². The Morgan fingerprint density at radius 3 is 3.12 bits per heavy atom. The molecule has 3 rings (SSSR count). The molecule has 2 bridgehead atoms. The van der Waals surface area contributed by atoms with Gasteiger partial charge in [-0.3, -0.25) is 4.90 Å². The Labute approximate surface area is 107 Å². The molecule has 0 radical (unpaired) electrons. The van der Waals surface area contributed by atoms with Crippen LogP contribution in [0.25, 0.3) is 0 Å². The first-order valence-corrected chi connectivity index (χ1v) is 6.62. The highest BCUT2D eigenvalue weighted by atomic mass is 35.5. The molecule has 2 fully saturated rings. The number of piperidine rings is 1. The van der Waals surface area contributed by atoms with Gasteiger partial charge in [0.15, 0.2) is 5.72 Å². The maximum Gasteiger partial charge on any atom is 0.216 e. The summed E-state index contributed by atoms with van der Waals surface area (Å²) in [7, 11) is 2.17. The lowest BCUT2D eigenvalue weighted by atomic mass is 10.0. The lowest BCUT2D eigenvalue weighted by molar-refractivity contribution is -0.0848. The molecule has 0 saturated carbocycles. The number of pyridine rings is 1. The van der Waals surface area contributed by atoms with Crippen molar-refractivity contribution in [2.75, 3.05) is 7.05 Å². The largest absolute Gasteiger partial charge is 0.456 e. The van der Waals surface area contributed by atoms with Gasteiger partial charge in [-0.2, -0.15) is 0 Å². The van der Waals surface area contributed by atoms with E-state index < -0.39 is 0 Å². The third-order valence-corrected chi connectivity index (χ3v) is 4.36. The highest BCUT2D eigenvalue weighted by Crippen LogP contribution is 2.43. The van der Waals surface area contributed by atoms with Crippen LogP contribution in [0.15, 0.2) is 18.2 Å². The molecular formula is C13H17ClN2O. The molecule has 2 aliphatic rings. The van der Waals surface area contributed by atoms with E-state index in [4.69, 9.17) is 16.3 Å². The van der Waals surface area contributed by atoms with Crippen LogP contribution in [0.2, 0.25) is 5.15 Å². The zero-order valence-electron chi connectivity index (χ0n) is 10.0. The van der Waals surface area contributed by atoms with Crippen molar-refractivity contribution in [1.29, 1.82) is 0 Å². The van der Waals surface area contributed by atoms with Gasteiger partial charge in [0.1, 0.15) is 5.15 Å². The molecule has 0 N–H and O–H groups in total. The van der Waals surface area contributed by atoms with Gasteiger partial charge in [0.25, 0.3) is 0 Å². The first-order chi connectivity index (χ1) is 8.20. The molecule has 2 saturated heterocycles. The number of nitrogens with zero attached hydrogens (tertiary/aromatic N) is 2. The third kappa shape index (κ3) is 1.91. The van der Waals surface area contributed by atoms with Crippen LogP contribution in [-0.4, -0.2) is 28.7 Å². The quantitative estimate of drug-likeness (QED) is 0.757. The van der Waals surface area contributed by atoms with Crippen LogP contribution in [0, 0.1) is 0 Å². The van der Waals surface area contributed by atoms with E-state index in [1.807, 2.05) is 12.1 Å². The smallest absolute Gasteiger partial charge is 0.216 e. The zero-order chi connectivity index (χ0) is 11.9. The summed E-state index contributed by atoms with van der Waals surface area (Å²) >= 11 is 5.89. The van der Waals surface area contributed by atoms with Crippen LogP contribution in [-0.2, 0) is 0 Å². The monoisotopic (exact) mass is 252 g/mol. The van der Waals surface area contributed by atoms with Crippen LogP contribution in [0.1, 0.15) is 32.1 Å². The molecule has 0 aliphatic carbocycles. The molecule has 0 amide bonds. The van der Waals surface area contributed by atoms with Crippen LogP contribution >= 0.6 is 11.6 Å². The summed E-state index contributed by atoms with van der Waals surface area (Å²) in [4.78, 5) is 6.62. The van der Waals surface area contributed by atoms with E-state index in [0.29, 0.717) is 17.1 Å². The fourth-order valence-corrected chi connectivity index (χ4v) is 3.32. The molecule has 17 heavy (non-hydrogen) atoms. The maximum atomic E-state index is 6.16. The molecule has 2 unspecified atom stereocenters. The van der Waals surface area contributed by atoms with Crippen LogP contribution < -0.4 is 4.74 Å². The number of rotatable bonds is 2. The van der Waals surface area contributed by atoms with E-state index in [2.05, 4.69) is 16.9 Å². The molecule has 1 aromatic rings. The molecule has 3 nitrogen and oxygen atoms in total. The summed E-state index contributed by atoms with van der Waals surface area (Å²) in [5.41, 5.74) is -0.138. The van der Waals surface area contributed by atoms with Crippen molar-refractivity contribution >= 4 is 11.6 Å². The summed E-state index contributed by atoms with van der Waals surface area (Å²) in [5.74, 6) is 0.645. The highest BCUT2D eigenvalue weighted by Gasteiger charge is 2.48. The highest BCUT2D eigenvalue weighted by molar-refractivity contribution is 6.29. The molecule has 3 heterocycles. The van der Waals surface area contributed by atoms with E-state index in [1.165, 1.54) is 19.3 Å². The number of hydrogen-bond acceptors (Lipinski definition) is 3. The standard InChI is InChI=1S/C13H17ClN2O/c1-16-10-4-3-8-13(16,9-7-10)17-12-6-2-5-11(14)15-12/h2,5-6,10H,3-4,7-9H2,1H3. The summed E-state index contributed by atoms with van der Waals surface area (Å²) < 4.78 is 6.16. The number of hydrogen-bond donors (Lipinski definition) is 0. The van der Waals surface area contributed by atoms with E-state index >= 15 is 0 Å². The van der Waals surface area contributed by atoms with Crippen molar-refractivity contribution in [2.45, 2.75) is 43.9 Å². The SMILES string of the molecule is CN1C2CCCC1(Oc1cccc(Cl)n1)CC2. The van der Waals surface area contributed by atoms with Crippen molar-refractivity contribution < 1.29 is 4.74 Å². The summed E-state index contributed by atoms with van der Waals surface area (Å²) in [5, 5.41) is 0.493. The normalized spacial score (nSPS) is 32.7. The number of aromatic nitrogens is 1. The second-order valence-electron chi connectivity index (χ2n) is 5.04. The topological polar surface area (TPSA) is 25.4 Å². The third-order valence-electron chi connectivity index (χ3n) is 4.15. The molecule has 2 atom stereocenters. The van der Waals surface area contributed by atoms with Crippen molar-refractivity contribution in [1.82, 2.24) is 9.88 Å². The Kier molecular flexibility index (Phi) is 2.75. The van der Waals surface area contributed by atoms with Crippen molar-refractivity contribution in [3.8, 4) is 5.88 Å². The first kappa shape index (κ1) is 11.3. The minimum absolute atomic E-state index is 0.138. The van der Waals surface area contributed by atoms with Gasteiger partial charge in [-0.1, -0.05) is 17.7 Å². The van der Waals surface area contributed by atoms with E-state index in [9.17, 15) is 0 Å². The molecule has 92 valence electrons. The zero-order valence-corrected chi connectivity index (χ0v) is 10.8. The fourth-order valence-electron chi connectivity index (χ4n) is 3.16. The van der Waals surface area contributed by atoms with E-state index in [-0.39, 0.29) is 5.72 Å². The van der Waals surface area contributed by atoms with Gasteiger partial charge >= 0.3 is 0 Å². The number of fused-ring (bicyclic) bond motifs is 2. The second-order valence-corrected chi connectivity index (χ2v) is 5.43. The molecule has 2 aliphatic heterocycles. The first-order valence-electron chi connectivity index (χ1n) is 6.24. The van der Waals surface area contributed by atoms with Gasteiger partial charge < -0.3 is 4.74 Å². The van der Waals surface area contributed by atoms with Crippen LogP contribution in [0.3, 0.4) is 0 Å². The second kappa shape index (κ2) is 4.14.